The largest absolute Gasteiger partial charge is 0.452 e. The van der Waals surface area contributed by atoms with E-state index in [1.165, 1.54) is 18.7 Å². The maximum atomic E-state index is 12.6. The molecule has 1 heterocycles. The van der Waals surface area contributed by atoms with Crippen LogP contribution in [-0.4, -0.2) is 28.8 Å². The summed E-state index contributed by atoms with van der Waals surface area (Å²) in [5.41, 5.74) is 4.42. The van der Waals surface area contributed by atoms with Crippen LogP contribution in [0.4, 0.5) is 5.69 Å². The van der Waals surface area contributed by atoms with Crippen molar-refractivity contribution in [1.29, 1.82) is 0 Å². The summed E-state index contributed by atoms with van der Waals surface area (Å²) in [5.74, 6) is -1.10. The molecule has 0 fully saturated rings. The van der Waals surface area contributed by atoms with Gasteiger partial charge in [0.05, 0.1) is 12.5 Å². The fourth-order valence-electron chi connectivity index (χ4n) is 3.61. The zero-order valence-electron chi connectivity index (χ0n) is 17.6. The van der Waals surface area contributed by atoms with E-state index in [2.05, 4.69) is 5.32 Å². The molecule has 0 spiro atoms. The second kappa shape index (κ2) is 8.95. The number of hydrogen-bond donors (Lipinski definition) is 1. The minimum absolute atomic E-state index is 0.0397. The lowest BCUT2D eigenvalue weighted by Crippen LogP contribution is -2.35. The number of anilines is 1. The van der Waals surface area contributed by atoms with Crippen LogP contribution in [0.1, 0.15) is 48.6 Å². The normalized spacial score (nSPS) is 15.9. The monoisotopic (exact) mass is 406 g/mol. The number of carbonyl (C=O) groups is 3. The van der Waals surface area contributed by atoms with Crippen molar-refractivity contribution in [2.75, 3.05) is 5.32 Å². The third kappa shape index (κ3) is 4.59. The van der Waals surface area contributed by atoms with Gasteiger partial charge in [-0.05, 0) is 49.1 Å². The van der Waals surface area contributed by atoms with Gasteiger partial charge >= 0.3 is 5.97 Å². The molecule has 0 bridgehead atoms. The van der Waals surface area contributed by atoms with Gasteiger partial charge in [0.25, 0.3) is 5.91 Å². The standard InChI is InChI=1S/C24H26N2O4/c1-15-8-7-9-16(2)23(15)25-24(29)17(3)30-22(28)14-21-20-11-6-5-10-19(20)12-13-26(21)18(4)27/h5-13,17,21H,14H2,1-4H3,(H,25,29)/t17-,21+/m1/s1. The molecule has 6 heteroatoms. The Morgan fingerprint density at radius 1 is 1.07 bits per heavy atom. The number of ether oxygens (including phenoxy) is 1. The van der Waals surface area contributed by atoms with Crippen LogP contribution in [0, 0.1) is 13.8 Å². The highest BCUT2D eigenvalue weighted by Crippen LogP contribution is 2.33. The van der Waals surface area contributed by atoms with Crippen molar-refractivity contribution < 1.29 is 19.1 Å². The number of carbonyl (C=O) groups excluding carboxylic acids is 3. The number of esters is 1. The summed E-state index contributed by atoms with van der Waals surface area (Å²) in [5, 5.41) is 2.84. The number of nitrogens with zero attached hydrogens (tertiary/aromatic N) is 1. The Morgan fingerprint density at radius 3 is 2.40 bits per heavy atom. The first-order valence-electron chi connectivity index (χ1n) is 9.90. The Kier molecular flexibility index (Phi) is 6.35. The summed E-state index contributed by atoms with van der Waals surface area (Å²) in [7, 11) is 0. The third-order valence-electron chi connectivity index (χ3n) is 5.24. The van der Waals surface area contributed by atoms with Crippen molar-refractivity contribution in [3.8, 4) is 0 Å². The molecule has 0 saturated heterocycles. The van der Waals surface area contributed by atoms with Crippen molar-refractivity contribution in [3.05, 3.63) is 70.9 Å². The molecule has 1 aliphatic heterocycles. The summed E-state index contributed by atoms with van der Waals surface area (Å²) in [4.78, 5) is 38.8. The molecule has 6 nitrogen and oxygen atoms in total. The number of fused-ring (bicyclic) bond motifs is 1. The summed E-state index contributed by atoms with van der Waals surface area (Å²) in [6.07, 6.45) is 2.53. The Morgan fingerprint density at radius 2 is 1.73 bits per heavy atom. The molecular weight excluding hydrogens is 380 g/mol. The fraction of sp³-hybridized carbons (Fsp3) is 0.292. The maximum Gasteiger partial charge on any atom is 0.309 e. The van der Waals surface area contributed by atoms with Crippen molar-refractivity contribution in [2.45, 2.75) is 46.3 Å². The molecule has 2 aromatic carbocycles. The molecule has 2 atom stereocenters. The van der Waals surface area contributed by atoms with Crippen molar-refractivity contribution >= 4 is 29.5 Å². The molecule has 0 saturated carbocycles. The van der Waals surface area contributed by atoms with Crippen LogP contribution < -0.4 is 5.32 Å². The number of para-hydroxylation sites is 1. The van der Waals surface area contributed by atoms with Crippen LogP contribution in [0.15, 0.2) is 48.7 Å². The minimum Gasteiger partial charge on any atom is -0.452 e. The minimum atomic E-state index is -0.961. The van der Waals surface area contributed by atoms with Crippen LogP contribution in [-0.2, 0) is 19.1 Å². The van der Waals surface area contributed by atoms with Gasteiger partial charge < -0.3 is 15.0 Å². The third-order valence-corrected chi connectivity index (χ3v) is 5.24. The van der Waals surface area contributed by atoms with Crippen LogP contribution in [0.5, 0.6) is 0 Å². The highest BCUT2D eigenvalue weighted by molar-refractivity contribution is 5.96. The van der Waals surface area contributed by atoms with Gasteiger partial charge in [-0.3, -0.25) is 14.4 Å². The first kappa shape index (κ1) is 21.3. The topological polar surface area (TPSA) is 75.7 Å². The molecule has 2 aromatic rings. The van der Waals surface area contributed by atoms with Gasteiger partial charge in [-0.2, -0.15) is 0 Å². The van der Waals surface area contributed by atoms with Gasteiger partial charge in [-0.15, -0.1) is 0 Å². The number of aryl methyl sites for hydroxylation is 2. The van der Waals surface area contributed by atoms with Gasteiger partial charge in [-0.1, -0.05) is 42.5 Å². The molecule has 30 heavy (non-hydrogen) atoms. The van der Waals surface area contributed by atoms with E-state index >= 15 is 0 Å². The first-order chi connectivity index (χ1) is 14.3. The van der Waals surface area contributed by atoms with E-state index in [1.54, 1.807) is 6.20 Å². The summed E-state index contributed by atoms with van der Waals surface area (Å²) < 4.78 is 5.40. The highest BCUT2D eigenvalue weighted by Gasteiger charge is 2.30. The number of amides is 2. The Hall–Kier alpha value is -3.41. The maximum absolute atomic E-state index is 12.6. The van der Waals surface area contributed by atoms with E-state index in [0.717, 1.165) is 27.9 Å². The van der Waals surface area contributed by atoms with Gasteiger partial charge in [0.15, 0.2) is 6.10 Å². The lowest BCUT2D eigenvalue weighted by atomic mass is 9.94. The molecular formula is C24H26N2O4. The van der Waals surface area contributed by atoms with E-state index in [0.29, 0.717) is 0 Å². The zero-order chi connectivity index (χ0) is 21.8. The van der Waals surface area contributed by atoms with E-state index in [4.69, 9.17) is 4.74 Å². The average Bonchev–Trinajstić information content (AvgIpc) is 2.70. The first-order valence-corrected chi connectivity index (χ1v) is 9.90. The molecule has 3 rings (SSSR count). The van der Waals surface area contributed by atoms with Crippen LogP contribution in [0.3, 0.4) is 0 Å². The van der Waals surface area contributed by atoms with Gasteiger partial charge in [0.1, 0.15) is 0 Å². The average molecular weight is 406 g/mol. The van der Waals surface area contributed by atoms with E-state index in [1.807, 2.05) is 62.4 Å². The summed E-state index contributed by atoms with van der Waals surface area (Å²) in [6.45, 7) is 6.81. The smallest absolute Gasteiger partial charge is 0.309 e. The van der Waals surface area contributed by atoms with Gasteiger partial charge in [0.2, 0.25) is 5.91 Å². The van der Waals surface area contributed by atoms with Crippen molar-refractivity contribution in [1.82, 2.24) is 4.90 Å². The zero-order valence-corrected chi connectivity index (χ0v) is 17.6. The van der Waals surface area contributed by atoms with Crippen molar-refractivity contribution in [3.63, 3.8) is 0 Å². The molecule has 0 aromatic heterocycles. The Bertz CT molecular complexity index is 992. The van der Waals surface area contributed by atoms with E-state index in [9.17, 15) is 14.4 Å². The lowest BCUT2D eigenvalue weighted by molar-refractivity contribution is -0.154. The Balaban J connectivity index is 1.68. The van der Waals surface area contributed by atoms with E-state index in [-0.39, 0.29) is 12.3 Å². The fourth-order valence-corrected chi connectivity index (χ4v) is 3.61. The van der Waals surface area contributed by atoms with Crippen LogP contribution >= 0.6 is 0 Å². The molecule has 0 aliphatic carbocycles. The predicted octanol–water partition coefficient (Wildman–Crippen LogP) is 4.14. The van der Waals surface area contributed by atoms with Crippen LogP contribution in [0.25, 0.3) is 6.08 Å². The number of rotatable bonds is 5. The van der Waals surface area contributed by atoms with Gasteiger partial charge in [-0.25, -0.2) is 0 Å². The second-order valence-electron chi connectivity index (χ2n) is 7.48. The lowest BCUT2D eigenvalue weighted by Gasteiger charge is -2.32. The van der Waals surface area contributed by atoms with Gasteiger partial charge in [0, 0.05) is 18.8 Å². The van der Waals surface area contributed by atoms with E-state index < -0.39 is 24.0 Å². The van der Waals surface area contributed by atoms with Crippen molar-refractivity contribution in [2.24, 2.45) is 0 Å². The molecule has 1 N–H and O–H groups in total. The number of hydrogen-bond acceptors (Lipinski definition) is 4. The summed E-state index contributed by atoms with van der Waals surface area (Å²) in [6, 6.07) is 12.9. The SMILES string of the molecule is CC(=O)N1C=Cc2ccccc2[C@@H]1CC(=O)O[C@H](C)C(=O)Nc1c(C)cccc1C. The van der Waals surface area contributed by atoms with Crippen LogP contribution in [0.2, 0.25) is 0 Å². The quantitative estimate of drug-likeness (QED) is 0.758. The Labute approximate surface area is 176 Å². The number of benzene rings is 2. The molecule has 2 amide bonds. The summed E-state index contributed by atoms with van der Waals surface area (Å²) >= 11 is 0. The predicted molar refractivity (Wildman–Crippen MR) is 115 cm³/mol. The highest BCUT2D eigenvalue weighted by atomic mass is 16.5. The molecule has 0 unspecified atom stereocenters. The second-order valence-corrected chi connectivity index (χ2v) is 7.48. The molecule has 0 radical (unpaired) electrons. The molecule has 156 valence electrons. The number of nitrogens with one attached hydrogen (secondary N) is 1. The molecule has 1 aliphatic rings.